The molecule has 0 aromatic heterocycles. The molecule has 1 heterocycles. The predicted octanol–water partition coefficient (Wildman–Crippen LogP) is 1.91. The second-order valence-corrected chi connectivity index (χ2v) is 5.94. The molecule has 4 nitrogen and oxygen atoms in total. The van der Waals surface area contributed by atoms with Crippen molar-refractivity contribution in [3.8, 4) is 0 Å². The summed E-state index contributed by atoms with van der Waals surface area (Å²) in [5, 5.41) is 3.01. The fraction of sp³-hybridized carbons (Fsp3) is 0.562. The molecular weight excluding hydrogens is 250 g/mol. The van der Waals surface area contributed by atoms with E-state index in [9.17, 15) is 4.79 Å². The number of carbonyl (C=O) groups excluding carboxylic acids is 1. The summed E-state index contributed by atoms with van der Waals surface area (Å²) < 4.78 is 0. The van der Waals surface area contributed by atoms with Crippen molar-refractivity contribution in [3.63, 3.8) is 0 Å². The number of hydrogen-bond acceptors (Lipinski definition) is 3. The van der Waals surface area contributed by atoms with Crippen LogP contribution in [0.3, 0.4) is 0 Å². The number of rotatable bonds is 4. The maximum atomic E-state index is 12.1. The minimum Gasteiger partial charge on any atom is -0.328 e. The van der Waals surface area contributed by atoms with Gasteiger partial charge in [-0.1, -0.05) is 12.1 Å². The molecule has 0 saturated carbocycles. The van der Waals surface area contributed by atoms with Crippen molar-refractivity contribution in [1.29, 1.82) is 0 Å². The standard InChI is InChI=1S/C16H25N3O/c1-11-5-4-6-15(12(11)2)18-16(20)10-19-8-7-14(9-19)13(3)17/h4-6,13-14H,7-10,17H2,1-3H3,(H,18,20). The average Bonchev–Trinajstić information content (AvgIpc) is 2.83. The van der Waals surface area contributed by atoms with Crippen molar-refractivity contribution in [1.82, 2.24) is 4.90 Å². The van der Waals surface area contributed by atoms with Gasteiger partial charge in [0.1, 0.15) is 0 Å². The lowest BCUT2D eigenvalue weighted by atomic mass is 10.0. The summed E-state index contributed by atoms with van der Waals surface area (Å²) in [7, 11) is 0. The van der Waals surface area contributed by atoms with Crippen LogP contribution in [0.1, 0.15) is 24.5 Å². The minimum absolute atomic E-state index is 0.0593. The first-order valence-electron chi connectivity index (χ1n) is 7.31. The molecule has 2 rings (SSSR count). The first-order chi connectivity index (χ1) is 9.47. The third kappa shape index (κ3) is 3.58. The molecule has 1 aromatic rings. The van der Waals surface area contributed by atoms with E-state index in [-0.39, 0.29) is 11.9 Å². The van der Waals surface area contributed by atoms with E-state index in [1.165, 1.54) is 5.56 Å². The normalized spacial score (nSPS) is 20.9. The Kier molecular flexibility index (Phi) is 4.78. The minimum atomic E-state index is 0.0593. The molecule has 1 saturated heterocycles. The van der Waals surface area contributed by atoms with E-state index in [4.69, 9.17) is 5.73 Å². The van der Waals surface area contributed by atoms with Crippen LogP contribution in [0.5, 0.6) is 0 Å². The molecule has 2 unspecified atom stereocenters. The van der Waals surface area contributed by atoms with Gasteiger partial charge in [0.15, 0.2) is 0 Å². The van der Waals surface area contributed by atoms with Crippen molar-refractivity contribution >= 4 is 11.6 Å². The lowest BCUT2D eigenvalue weighted by Gasteiger charge is -2.18. The number of nitrogens with one attached hydrogen (secondary N) is 1. The highest BCUT2D eigenvalue weighted by molar-refractivity contribution is 5.93. The van der Waals surface area contributed by atoms with E-state index in [1.807, 2.05) is 26.0 Å². The fourth-order valence-corrected chi connectivity index (χ4v) is 2.71. The second-order valence-electron chi connectivity index (χ2n) is 5.94. The van der Waals surface area contributed by atoms with E-state index in [2.05, 4.69) is 23.2 Å². The summed E-state index contributed by atoms with van der Waals surface area (Å²) in [6.45, 7) is 8.48. The number of aryl methyl sites for hydroxylation is 1. The summed E-state index contributed by atoms with van der Waals surface area (Å²) in [4.78, 5) is 14.3. The summed E-state index contributed by atoms with van der Waals surface area (Å²) in [6.07, 6.45) is 1.09. The smallest absolute Gasteiger partial charge is 0.238 e. The van der Waals surface area contributed by atoms with Gasteiger partial charge in [-0.25, -0.2) is 0 Å². The molecule has 20 heavy (non-hydrogen) atoms. The monoisotopic (exact) mass is 275 g/mol. The summed E-state index contributed by atoms with van der Waals surface area (Å²) in [6, 6.07) is 6.19. The van der Waals surface area contributed by atoms with Crippen LogP contribution in [-0.4, -0.2) is 36.5 Å². The molecule has 0 radical (unpaired) electrons. The van der Waals surface area contributed by atoms with Crippen LogP contribution in [0.15, 0.2) is 18.2 Å². The number of anilines is 1. The Bertz CT molecular complexity index is 485. The average molecular weight is 275 g/mol. The third-order valence-electron chi connectivity index (χ3n) is 4.30. The second kappa shape index (κ2) is 6.37. The largest absolute Gasteiger partial charge is 0.328 e. The first-order valence-corrected chi connectivity index (χ1v) is 7.31. The number of likely N-dealkylation sites (tertiary alicyclic amines) is 1. The number of nitrogens with two attached hydrogens (primary N) is 1. The molecule has 1 aliphatic heterocycles. The third-order valence-corrected chi connectivity index (χ3v) is 4.30. The lowest BCUT2D eigenvalue weighted by molar-refractivity contribution is -0.117. The van der Waals surface area contributed by atoms with Crippen molar-refractivity contribution < 1.29 is 4.79 Å². The van der Waals surface area contributed by atoms with Crippen LogP contribution in [0, 0.1) is 19.8 Å². The molecule has 0 aliphatic carbocycles. The zero-order valence-electron chi connectivity index (χ0n) is 12.6. The van der Waals surface area contributed by atoms with Gasteiger partial charge in [-0.15, -0.1) is 0 Å². The highest BCUT2D eigenvalue weighted by Crippen LogP contribution is 2.20. The van der Waals surface area contributed by atoms with E-state index in [0.29, 0.717) is 12.5 Å². The molecule has 1 aromatic carbocycles. The van der Waals surface area contributed by atoms with Gasteiger partial charge in [-0.05, 0) is 56.8 Å². The van der Waals surface area contributed by atoms with Crippen molar-refractivity contribution in [2.75, 3.05) is 25.0 Å². The molecule has 3 N–H and O–H groups in total. The summed E-state index contributed by atoms with van der Waals surface area (Å²) in [5.74, 6) is 0.576. The van der Waals surface area contributed by atoms with Crippen LogP contribution < -0.4 is 11.1 Å². The van der Waals surface area contributed by atoms with E-state index >= 15 is 0 Å². The van der Waals surface area contributed by atoms with Gasteiger partial charge in [-0.2, -0.15) is 0 Å². The Morgan fingerprint density at radius 3 is 2.90 bits per heavy atom. The molecule has 4 heteroatoms. The van der Waals surface area contributed by atoms with Crippen LogP contribution in [0.2, 0.25) is 0 Å². The maximum absolute atomic E-state index is 12.1. The van der Waals surface area contributed by atoms with Gasteiger partial charge in [0.2, 0.25) is 5.91 Å². The molecule has 0 spiro atoms. The first kappa shape index (κ1) is 15.0. The Balaban J connectivity index is 1.89. The van der Waals surface area contributed by atoms with Crippen molar-refractivity contribution in [3.05, 3.63) is 29.3 Å². The van der Waals surface area contributed by atoms with Gasteiger partial charge < -0.3 is 11.1 Å². The molecular formula is C16H25N3O. The molecule has 0 bridgehead atoms. The number of benzene rings is 1. The van der Waals surface area contributed by atoms with E-state index in [0.717, 1.165) is 30.8 Å². The topological polar surface area (TPSA) is 58.4 Å². The van der Waals surface area contributed by atoms with Crippen LogP contribution in [-0.2, 0) is 4.79 Å². The summed E-state index contributed by atoms with van der Waals surface area (Å²) in [5.41, 5.74) is 9.17. The van der Waals surface area contributed by atoms with Gasteiger partial charge in [0, 0.05) is 18.3 Å². The van der Waals surface area contributed by atoms with Crippen LogP contribution in [0.25, 0.3) is 0 Å². The van der Waals surface area contributed by atoms with Crippen LogP contribution in [0.4, 0.5) is 5.69 Å². The zero-order chi connectivity index (χ0) is 14.7. The fourth-order valence-electron chi connectivity index (χ4n) is 2.71. The summed E-state index contributed by atoms with van der Waals surface area (Å²) >= 11 is 0. The molecule has 1 aliphatic rings. The SMILES string of the molecule is Cc1cccc(NC(=O)CN2CCC(C(C)N)C2)c1C. The Morgan fingerprint density at radius 1 is 1.50 bits per heavy atom. The highest BCUT2D eigenvalue weighted by atomic mass is 16.2. The quantitative estimate of drug-likeness (QED) is 0.882. The number of nitrogens with zero attached hydrogens (tertiary/aromatic N) is 1. The Morgan fingerprint density at radius 2 is 2.25 bits per heavy atom. The predicted molar refractivity (Wildman–Crippen MR) is 82.7 cm³/mol. The van der Waals surface area contributed by atoms with Crippen LogP contribution >= 0.6 is 0 Å². The molecule has 110 valence electrons. The van der Waals surface area contributed by atoms with E-state index in [1.54, 1.807) is 0 Å². The zero-order valence-corrected chi connectivity index (χ0v) is 12.6. The highest BCUT2D eigenvalue weighted by Gasteiger charge is 2.26. The van der Waals surface area contributed by atoms with Gasteiger partial charge in [-0.3, -0.25) is 9.69 Å². The van der Waals surface area contributed by atoms with Gasteiger partial charge in [0.25, 0.3) is 0 Å². The lowest BCUT2D eigenvalue weighted by Crippen LogP contribution is -2.34. The van der Waals surface area contributed by atoms with E-state index < -0.39 is 0 Å². The number of amides is 1. The van der Waals surface area contributed by atoms with Gasteiger partial charge >= 0.3 is 0 Å². The van der Waals surface area contributed by atoms with Gasteiger partial charge in [0.05, 0.1) is 6.54 Å². The molecule has 1 fully saturated rings. The number of hydrogen-bond donors (Lipinski definition) is 2. The maximum Gasteiger partial charge on any atom is 0.238 e. The molecule has 2 atom stereocenters. The number of carbonyl (C=O) groups is 1. The Labute approximate surface area is 121 Å². The Hall–Kier alpha value is -1.39. The molecule has 1 amide bonds. The van der Waals surface area contributed by atoms with Crippen molar-refractivity contribution in [2.45, 2.75) is 33.2 Å². The van der Waals surface area contributed by atoms with Crippen molar-refractivity contribution in [2.24, 2.45) is 11.7 Å².